The molecule has 0 atom stereocenters. The Hall–Kier alpha value is -7.85. The van der Waals surface area contributed by atoms with E-state index in [1.54, 1.807) is 73.0 Å². The monoisotopic (exact) mass is 2260 g/mol. The first-order valence-corrected chi connectivity index (χ1v) is 59.7. The van der Waals surface area contributed by atoms with Crippen LogP contribution in [-0.4, -0.2) is 137 Å². The Labute approximate surface area is 791 Å². The van der Waals surface area contributed by atoms with Crippen molar-refractivity contribution >= 4 is 121 Å². The molecule has 28 heteroatoms. The molecular weight excluding hydrogens is 2130 g/mol. The maximum absolute atomic E-state index is 12.3. The van der Waals surface area contributed by atoms with Gasteiger partial charge in [-0.05, 0) is 240 Å². The molecule has 674 valence electrons. The molecule has 10 rings (SSSR count). The first kappa shape index (κ1) is 108. The van der Waals surface area contributed by atoms with Gasteiger partial charge in [-0.25, -0.2) is 24.9 Å². The average Bonchev–Trinajstić information content (AvgIpc) is 0.802. The van der Waals surface area contributed by atoms with E-state index in [-0.39, 0.29) is 17.7 Å². The average molecular weight is 2260 g/mol. The molecule has 0 saturated heterocycles. The van der Waals surface area contributed by atoms with Gasteiger partial charge < -0.3 is 76.3 Å². The van der Waals surface area contributed by atoms with Crippen LogP contribution < -0.4 is 79.7 Å². The molecule has 5 heterocycles. The number of amides is 3. The molecule has 0 unspecified atom stereocenters. The van der Waals surface area contributed by atoms with Gasteiger partial charge in [0.2, 0.25) is 17.7 Å². The third kappa shape index (κ3) is 33.7. The molecule has 124 heavy (non-hydrogen) atoms. The number of benzene rings is 5. The van der Waals surface area contributed by atoms with E-state index in [1.165, 1.54) is 44.5 Å². The summed E-state index contributed by atoms with van der Waals surface area (Å²) in [7, 11) is 22.1. The van der Waals surface area contributed by atoms with E-state index in [0.29, 0.717) is 48.1 Å². The summed E-state index contributed by atoms with van der Waals surface area (Å²) in [4.78, 5) is 63.7. The fourth-order valence-corrected chi connectivity index (χ4v) is 12.7. The van der Waals surface area contributed by atoms with E-state index < -0.39 is 16.2 Å². The number of carbonyl (C=O) groups is 3. The van der Waals surface area contributed by atoms with Crippen molar-refractivity contribution in [2.75, 3.05) is 112 Å². The zero-order valence-corrected chi connectivity index (χ0v) is 87.9. The number of nitrogens with two attached hydrogens (primary N) is 2. The molecule has 0 spiro atoms. The van der Waals surface area contributed by atoms with Crippen LogP contribution in [0.4, 0.5) is 29.1 Å². The fourth-order valence-electron chi connectivity index (χ4n) is 12.7. The maximum atomic E-state index is 12.3. The van der Waals surface area contributed by atoms with E-state index in [4.69, 9.17) is 39.9 Å². The van der Waals surface area contributed by atoms with Gasteiger partial charge in [-0.15, -0.1) is 0 Å². The van der Waals surface area contributed by atoms with E-state index in [0.717, 1.165) is 149 Å². The minimum atomic E-state index is -0.481. The first-order chi connectivity index (χ1) is 58.9. The number of anilines is 5. The molecule has 0 bridgehead atoms. The Morgan fingerprint density at radius 1 is 0.347 bits per heavy atom. The third-order valence-corrected chi connectivity index (χ3v) is 19.2. The minimum absolute atomic E-state index is 0.0605. The number of methoxy groups -OCH3 is 6. The van der Waals surface area contributed by atoms with Crippen molar-refractivity contribution in [2.24, 2.45) is 16.2 Å². The number of nitrogens with one attached hydrogen (secondary N) is 5. The van der Waals surface area contributed by atoms with Crippen molar-refractivity contribution in [1.29, 1.82) is 0 Å². The molecule has 5 aromatic carbocycles. The van der Waals surface area contributed by atoms with Crippen LogP contribution >= 0.6 is 74.5 Å². The molecular formula is C96H130I5N14O9-. The number of rotatable bonds is 27. The van der Waals surface area contributed by atoms with Crippen molar-refractivity contribution in [3.63, 3.8) is 0 Å². The van der Waals surface area contributed by atoms with E-state index in [9.17, 15) is 14.4 Å². The number of nitrogen functional groups attached to an aromatic ring is 2. The Balaban J connectivity index is 0.000000322. The van der Waals surface area contributed by atoms with Crippen LogP contribution in [0.5, 0.6) is 34.5 Å². The zero-order chi connectivity index (χ0) is 92.8. The molecule has 23 nitrogen and oxygen atoms in total. The van der Waals surface area contributed by atoms with Gasteiger partial charge in [0.25, 0.3) is 0 Å². The summed E-state index contributed by atoms with van der Waals surface area (Å²) in [6.45, 7) is 30.9. The number of halogens is 5. The van der Waals surface area contributed by atoms with Crippen LogP contribution in [0.3, 0.4) is 0 Å². The molecule has 5 aromatic heterocycles. The Morgan fingerprint density at radius 2 is 0.573 bits per heavy atom. The summed E-state index contributed by atoms with van der Waals surface area (Å²) in [5.41, 5.74) is 30.0. The van der Waals surface area contributed by atoms with Crippen LogP contribution in [-0.2, 0) is 72.7 Å². The molecule has 0 aliphatic rings. The standard InChI is InChI=1S/C22H31N3O2.C21H29N3O2.C20H26N2O3.C17H23N3O.C16H21N3O.I3.I2/c1-8-15-12-17(19(27-7)13-16(15)14-25(5)6)18-10-9-11-20(23-18)24-21(26)22(2,3)4;1-7-14-11-16(18(26-6)12-15(14)13-22-5)17-9-8-10-19(23-17)24-20(25)21(2,3)4;1-7-13-11-14(17(25-6)12-16(13)24-5)15-9-8-10-18(21-15)22-19(23)20(2,3)4;1-5-12-9-14(15-7-6-8-17(18)19-15)16(21-4)10-13(12)11-20(2)3;1-4-11-8-13(14-6-5-7-16(17)19-14)15(20-3)9-12(11)10-18-2;1-3-2;1-2/h9-13H,8,14H2,1-7H3,(H,23,24,26);8-12,22H,7,13H2,1-6H3,(H,23,24,25);8-12H,7H2,1-6H3,(H,21,22,23);6-10H,5,11H2,1-4H3,(H2,18,19);5-9,18H,4,10H2,1-3H3,(H2,17,19);;/q;;;;;-1;. The van der Waals surface area contributed by atoms with Gasteiger partial charge in [-0.1, -0.05) is 127 Å². The Bertz CT molecular complexity index is 5050. The number of ether oxygens (including phenoxy) is 6. The van der Waals surface area contributed by atoms with Crippen molar-refractivity contribution in [3.05, 3.63) is 202 Å². The van der Waals surface area contributed by atoms with Crippen LogP contribution in [0.2, 0.25) is 0 Å². The third-order valence-electron chi connectivity index (χ3n) is 19.2. The van der Waals surface area contributed by atoms with Gasteiger partial charge in [0.05, 0.1) is 71.1 Å². The molecule has 0 aliphatic heterocycles. The second-order valence-electron chi connectivity index (χ2n) is 32.2. The molecule has 0 aliphatic carbocycles. The molecule has 9 N–H and O–H groups in total. The van der Waals surface area contributed by atoms with Gasteiger partial charge in [-0.3, -0.25) is 14.4 Å². The van der Waals surface area contributed by atoms with E-state index in [1.807, 2.05) is 149 Å². The topological polar surface area (TPSA) is 290 Å². The normalized spacial score (nSPS) is 10.9. The number of aromatic nitrogens is 5. The van der Waals surface area contributed by atoms with Crippen molar-refractivity contribution in [1.82, 2.24) is 45.4 Å². The van der Waals surface area contributed by atoms with Crippen molar-refractivity contribution in [2.45, 2.75) is 155 Å². The fraction of sp³-hybridized carbons (Fsp3) is 0.396. The van der Waals surface area contributed by atoms with Gasteiger partial charge in [0, 0.05) is 114 Å². The second kappa shape index (κ2) is 54.4. The quantitative estimate of drug-likeness (QED) is 0.0235. The predicted octanol–water partition coefficient (Wildman–Crippen LogP) is 18.8. The van der Waals surface area contributed by atoms with Crippen LogP contribution in [0.15, 0.2) is 152 Å². The Kier molecular flexibility index (Phi) is 47.6. The zero-order valence-electron chi connectivity index (χ0n) is 77.1. The Morgan fingerprint density at radius 3 is 0.798 bits per heavy atom. The summed E-state index contributed by atoms with van der Waals surface area (Å²) >= 11 is 9.54. The van der Waals surface area contributed by atoms with Gasteiger partial charge in [0.15, 0.2) is 0 Å². The molecule has 0 radical (unpaired) electrons. The number of hydrogen-bond acceptors (Lipinski definition) is 20. The van der Waals surface area contributed by atoms with Crippen LogP contribution in [0.25, 0.3) is 56.3 Å². The molecule has 0 fully saturated rings. The van der Waals surface area contributed by atoms with Gasteiger partial charge in [-0.2, -0.15) is 0 Å². The number of nitrogens with zero attached hydrogens (tertiary/aromatic N) is 7. The van der Waals surface area contributed by atoms with Crippen LogP contribution in [0, 0.1) is 16.2 Å². The van der Waals surface area contributed by atoms with Crippen LogP contribution in [0.1, 0.15) is 147 Å². The number of aryl methyl sites for hydroxylation is 5. The second-order valence-corrected chi connectivity index (χ2v) is 48.5. The number of carbonyl (C=O) groups excluding carboxylic acids is 3. The summed E-state index contributed by atoms with van der Waals surface area (Å²) < 4.78 is 33.3. The molecule has 3 amide bonds. The summed E-state index contributed by atoms with van der Waals surface area (Å²) in [5.74, 6) is 7.14. The number of hydrogen-bond donors (Lipinski definition) is 7. The SMILES string of the molecule is CCc1cc(-c2cccc(N)n2)c(OC)cc1CN(C)C.CCc1cc(-c2cccc(N)n2)c(OC)cc1CNC.CCc1cc(-c2cccc(NC(=O)C(C)(C)C)n2)c(OC)cc1CN(C)C.CCc1cc(-c2cccc(NC(=O)C(C)(C)C)n2)c(OC)cc1CNC.CCc1cc(-c2cccc(NC(=O)C(C)(C)C)n2)c(OC)cc1OC.II.I[I-]I. The summed E-state index contributed by atoms with van der Waals surface area (Å²) in [6.07, 6.45) is 4.63. The molecule has 10 aromatic rings. The van der Waals surface area contributed by atoms with Crippen molar-refractivity contribution in [3.8, 4) is 90.8 Å². The number of pyridine rings is 5. The summed E-state index contributed by atoms with van der Waals surface area (Å²) in [5, 5.41) is 15.0. The predicted molar refractivity (Wildman–Crippen MR) is 544 cm³/mol. The van der Waals surface area contributed by atoms with Gasteiger partial charge >= 0.3 is 50.5 Å². The van der Waals surface area contributed by atoms with E-state index >= 15 is 0 Å². The van der Waals surface area contributed by atoms with Crippen molar-refractivity contribution < 1.29 is 56.1 Å². The van der Waals surface area contributed by atoms with Gasteiger partial charge in [0.1, 0.15) is 63.6 Å². The molecule has 0 saturated carbocycles. The van der Waals surface area contributed by atoms with E-state index in [2.05, 4.69) is 247 Å². The summed E-state index contributed by atoms with van der Waals surface area (Å²) in [6, 6.07) is 49.0. The first-order valence-electron chi connectivity index (χ1n) is 40.9.